The third-order valence-corrected chi connectivity index (χ3v) is 5.78. The van der Waals surface area contributed by atoms with Crippen LogP contribution in [-0.2, 0) is 16.2 Å². The van der Waals surface area contributed by atoms with Crippen LogP contribution in [0.2, 0.25) is 0 Å². The van der Waals surface area contributed by atoms with E-state index in [1.54, 1.807) is 35.9 Å². The summed E-state index contributed by atoms with van der Waals surface area (Å²) in [4.78, 5) is 16.0. The fraction of sp³-hybridized carbons (Fsp3) is 0.143. The van der Waals surface area contributed by atoms with Crippen LogP contribution in [0.4, 0.5) is 17.6 Å². The Hall–Kier alpha value is -3.47. The van der Waals surface area contributed by atoms with Crippen molar-refractivity contribution in [3.05, 3.63) is 77.2 Å². The van der Waals surface area contributed by atoms with Crippen LogP contribution >= 0.6 is 0 Å². The number of halogens is 4. The van der Waals surface area contributed by atoms with E-state index in [0.29, 0.717) is 34.7 Å². The molecule has 168 valence electrons. The van der Waals surface area contributed by atoms with Gasteiger partial charge in [-0.3, -0.25) is 9.78 Å². The molecule has 1 amide bonds. The van der Waals surface area contributed by atoms with Gasteiger partial charge in [0.25, 0.3) is 15.9 Å². The van der Waals surface area contributed by atoms with Crippen LogP contribution < -0.4 is 9.46 Å². The number of hydrogen-bond donors (Lipinski definition) is 1. The molecule has 1 heterocycles. The van der Waals surface area contributed by atoms with Crippen molar-refractivity contribution in [1.29, 1.82) is 0 Å². The Morgan fingerprint density at radius 3 is 2.41 bits per heavy atom. The van der Waals surface area contributed by atoms with Gasteiger partial charge in [0.1, 0.15) is 16.5 Å². The first kappa shape index (κ1) is 23.2. The van der Waals surface area contributed by atoms with Crippen molar-refractivity contribution in [3.63, 3.8) is 0 Å². The summed E-state index contributed by atoms with van der Waals surface area (Å²) in [5.41, 5.74) is -1.18. The van der Waals surface area contributed by atoms with Crippen LogP contribution in [0.15, 0.2) is 59.6 Å². The van der Waals surface area contributed by atoms with E-state index in [1.165, 1.54) is 13.2 Å². The van der Waals surface area contributed by atoms with Crippen molar-refractivity contribution in [2.75, 3.05) is 7.11 Å². The summed E-state index contributed by atoms with van der Waals surface area (Å²) in [6.45, 7) is 1.58. The van der Waals surface area contributed by atoms with Gasteiger partial charge >= 0.3 is 6.18 Å². The second-order valence-corrected chi connectivity index (χ2v) is 8.34. The first-order valence-electron chi connectivity index (χ1n) is 8.98. The molecule has 11 heteroatoms. The molecule has 0 unspecified atom stereocenters. The van der Waals surface area contributed by atoms with Crippen LogP contribution in [0, 0.1) is 12.7 Å². The zero-order valence-corrected chi connectivity index (χ0v) is 17.5. The highest BCUT2D eigenvalue weighted by Gasteiger charge is 2.36. The molecule has 6 nitrogen and oxygen atoms in total. The molecule has 0 aliphatic rings. The Morgan fingerprint density at radius 1 is 1.09 bits per heavy atom. The molecule has 0 saturated heterocycles. The molecule has 0 saturated carbocycles. The third-order valence-electron chi connectivity index (χ3n) is 4.48. The number of rotatable bonds is 5. The van der Waals surface area contributed by atoms with Crippen molar-refractivity contribution in [3.8, 4) is 17.0 Å². The van der Waals surface area contributed by atoms with E-state index in [2.05, 4.69) is 4.98 Å². The first-order valence-corrected chi connectivity index (χ1v) is 10.5. The Balaban J connectivity index is 1.95. The normalized spacial score (nSPS) is 11.8. The lowest BCUT2D eigenvalue weighted by Crippen LogP contribution is -2.32. The lowest BCUT2D eigenvalue weighted by Gasteiger charge is -2.14. The second-order valence-electron chi connectivity index (χ2n) is 6.66. The molecule has 3 aromatic rings. The highest BCUT2D eigenvalue weighted by atomic mass is 32.2. The van der Waals surface area contributed by atoms with Crippen molar-refractivity contribution >= 4 is 15.9 Å². The van der Waals surface area contributed by atoms with Gasteiger partial charge in [0, 0.05) is 11.8 Å². The number of sulfonamides is 1. The number of carbonyl (C=O) groups is 1. The molecule has 0 radical (unpaired) electrons. The minimum absolute atomic E-state index is 0.120. The Morgan fingerprint density at radius 2 is 1.78 bits per heavy atom. The summed E-state index contributed by atoms with van der Waals surface area (Å²) in [7, 11) is -3.11. The van der Waals surface area contributed by atoms with Crippen LogP contribution in [0.1, 0.15) is 21.5 Å². The summed E-state index contributed by atoms with van der Waals surface area (Å²) < 4.78 is 84.8. The highest BCUT2D eigenvalue weighted by Crippen LogP contribution is 2.33. The second kappa shape index (κ2) is 8.58. The summed E-state index contributed by atoms with van der Waals surface area (Å²) in [5.74, 6) is -2.27. The number of nitrogens with one attached hydrogen (secondary N) is 1. The van der Waals surface area contributed by atoms with Crippen LogP contribution in [-0.4, -0.2) is 26.4 Å². The Kier molecular flexibility index (Phi) is 6.22. The van der Waals surface area contributed by atoms with Crippen molar-refractivity contribution in [1.82, 2.24) is 9.71 Å². The van der Waals surface area contributed by atoms with E-state index in [4.69, 9.17) is 4.74 Å². The molecule has 0 atom stereocenters. The number of alkyl halides is 3. The molecule has 0 bridgehead atoms. The standard InChI is InChI=1S/C21H16F4N2O4S/c1-12-9-14(11-26-19(12)16-5-3-4-6-18(16)31-2)32(29,30)27-20(28)15-8-7-13(22)10-17(15)21(23,24)25/h3-11H,1-2H3,(H,27,28). The van der Waals surface area contributed by atoms with Gasteiger partial charge in [0.15, 0.2) is 0 Å². The lowest BCUT2D eigenvalue weighted by molar-refractivity contribution is -0.138. The summed E-state index contributed by atoms with van der Waals surface area (Å²) in [6.07, 6.45) is -4.09. The zero-order chi connectivity index (χ0) is 23.7. The van der Waals surface area contributed by atoms with Crippen molar-refractivity contribution in [2.24, 2.45) is 0 Å². The summed E-state index contributed by atoms with van der Waals surface area (Å²) in [6, 6.07) is 9.44. The fourth-order valence-corrected chi connectivity index (χ4v) is 4.00. The highest BCUT2D eigenvalue weighted by molar-refractivity contribution is 7.90. The van der Waals surface area contributed by atoms with Gasteiger partial charge in [0.2, 0.25) is 0 Å². The van der Waals surface area contributed by atoms with Gasteiger partial charge in [-0.05, 0) is 48.9 Å². The van der Waals surface area contributed by atoms with Gasteiger partial charge in [0.05, 0.1) is 23.9 Å². The largest absolute Gasteiger partial charge is 0.496 e. The average Bonchev–Trinajstić information content (AvgIpc) is 2.72. The molecular formula is C21H16F4N2O4S. The van der Waals surface area contributed by atoms with Crippen molar-refractivity contribution in [2.45, 2.75) is 18.0 Å². The number of carbonyl (C=O) groups excluding carboxylic acids is 1. The van der Waals surface area contributed by atoms with Crippen LogP contribution in [0.25, 0.3) is 11.3 Å². The van der Waals surface area contributed by atoms with Gasteiger partial charge in [-0.2, -0.15) is 13.2 Å². The first-order chi connectivity index (χ1) is 14.9. The number of aryl methyl sites for hydroxylation is 1. The Bertz CT molecular complexity index is 1290. The molecular weight excluding hydrogens is 452 g/mol. The number of aromatic nitrogens is 1. The van der Waals surface area contributed by atoms with Gasteiger partial charge in [-0.25, -0.2) is 17.5 Å². The maximum Gasteiger partial charge on any atom is 0.417 e. The number of ether oxygens (including phenoxy) is 1. The smallest absolute Gasteiger partial charge is 0.417 e. The van der Waals surface area contributed by atoms with E-state index in [9.17, 15) is 30.8 Å². The molecule has 1 N–H and O–H groups in total. The van der Waals surface area contributed by atoms with Crippen LogP contribution in [0.5, 0.6) is 5.75 Å². The summed E-state index contributed by atoms with van der Waals surface area (Å²) >= 11 is 0. The summed E-state index contributed by atoms with van der Waals surface area (Å²) in [5, 5.41) is 0. The lowest BCUT2D eigenvalue weighted by atomic mass is 10.1. The van der Waals surface area contributed by atoms with E-state index < -0.39 is 43.9 Å². The molecule has 0 spiro atoms. The minimum atomic E-state index is -5.06. The quantitative estimate of drug-likeness (QED) is 0.563. The zero-order valence-electron chi connectivity index (χ0n) is 16.7. The SMILES string of the molecule is COc1ccccc1-c1ncc(S(=O)(=O)NC(=O)c2ccc(F)cc2C(F)(F)F)cc1C. The van der Waals surface area contributed by atoms with Gasteiger partial charge in [-0.1, -0.05) is 12.1 Å². The molecule has 0 fully saturated rings. The van der Waals surface area contributed by atoms with E-state index in [-0.39, 0.29) is 6.07 Å². The number of para-hydroxylation sites is 1. The predicted molar refractivity (Wildman–Crippen MR) is 107 cm³/mol. The molecule has 3 rings (SSSR count). The average molecular weight is 468 g/mol. The molecule has 2 aromatic carbocycles. The maximum absolute atomic E-state index is 13.3. The number of methoxy groups -OCH3 is 1. The predicted octanol–water partition coefficient (Wildman–Crippen LogP) is 4.34. The van der Waals surface area contributed by atoms with Crippen LogP contribution in [0.3, 0.4) is 0 Å². The van der Waals surface area contributed by atoms with Gasteiger partial charge in [-0.15, -0.1) is 0 Å². The van der Waals surface area contributed by atoms with E-state index in [0.717, 1.165) is 6.20 Å². The van der Waals surface area contributed by atoms with E-state index >= 15 is 0 Å². The third kappa shape index (κ3) is 4.72. The molecule has 32 heavy (non-hydrogen) atoms. The minimum Gasteiger partial charge on any atom is -0.496 e. The monoisotopic (exact) mass is 468 g/mol. The topological polar surface area (TPSA) is 85.4 Å². The van der Waals surface area contributed by atoms with E-state index in [1.807, 2.05) is 0 Å². The van der Waals surface area contributed by atoms with Gasteiger partial charge < -0.3 is 4.74 Å². The Labute approximate surface area is 180 Å². The number of benzene rings is 2. The molecule has 0 aliphatic carbocycles. The maximum atomic E-state index is 13.3. The number of nitrogens with zero attached hydrogens (tertiary/aromatic N) is 1. The number of amides is 1. The number of hydrogen-bond acceptors (Lipinski definition) is 5. The molecule has 0 aliphatic heterocycles. The fourth-order valence-electron chi connectivity index (χ4n) is 3.00. The van der Waals surface area contributed by atoms with Crippen molar-refractivity contribution < 1.29 is 35.5 Å². The number of pyridine rings is 1. The molecule has 1 aromatic heterocycles.